The number of hydrogen-bond donors (Lipinski definition) is 2. The molecule has 4 aromatic rings. The number of benzene rings is 3. The van der Waals surface area contributed by atoms with Crippen molar-refractivity contribution in [1.82, 2.24) is 15.0 Å². The number of para-hydroxylation sites is 2. The second kappa shape index (κ2) is 7.29. The van der Waals surface area contributed by atoms with Crippen LogP contribution in [0.25, 0.3) is 21.8 Å². The van der Waals surface area contributed by atoms with Crippen molar-refractivity contribution in [3.05, 3.63) is 72.6 Å². The lowest BCUT2D eigenvalue weighted by Gasteiger charge is -2.05. The Morgan fingerprint density at radius 1 is 1.11 bits per heavy atom. The fraction of sp³-hybridized carbons (Fsp3) is 0.0952. The Bertz CT molecular complexity index is 1150. The van der Waals surface area contributed by atoms with Crippen molar-refractivity contribution in [2.24, 2.45) is 5.10 Å². The maximum absolute atomic E-state index is 12.1. The molecule has 0 saturated heterocycles. The summed E-state index contributed by atoms with van der Waals surface area (Å²) in [7, 11) is 0. The van der Waals surface area contributed by atoms with Crippen molar-refractivity contribution < 1.29 is 9.90 Å². The van der Waals surface area contributed by atoms with Gasteiger partial charge >= 0.3 is 0 Å². The number of carbonyl (C=O) groups is 1. The Balaban J connectivity index is 1.42. The monoisotopic (exact) mass is 358 g/mol. The predicted octanol–water partition coefficient (Wildman–Crippen LogP) is 3.44. The number of aryl methyl sites for hydroxylation is 1. The van der Waals surface area contributed by atoms with Crippen LogP contribution >= 0.6 is 0 Å². The van der Waals surface area contributed by atoms with Crippen molar-refractivity contribution in [2.75, 3.05) is 0 Å². The second-order valence-corrected chi connectivity index (χ2v) is 6.19. The van der Waals surface area contributed by atoms with Crippen LogP contribution in [0.4, 0.5) is 0 Å². The Morgan fingerprint density at radius 2 is 1.93 bits per heavy atom. The predicted molar refractivity (Wildman–Crippen MR) is 106 cm³/mol. The van der Waals surface area contributed by atoms with Gasteiger partial charge < -0.3 is 9.67 Å². The first-order valence-corrected chi connectivity index (χ1v) is 8.65. The average molecular weight is 358 g/mol. The summed E-state index contributed by atoms with van der Waals surface area (Å²) in [6.07, 6.45) is 3.48. The van der Waals surface area contributed by atoms with E-state index in [1.165, 1.54) is 6.21 Å². The number of nitrogens with one attached hydrogen (secondary N) is 1. The summed E-state index contributed by atoms with van der Waals surface area (Å²) < 4.78 is 1.94. The third kappa shape index (κ3) is 3.50. The van der Waals surface area contributed by atoms with Crippen molar-refractivity contribution >= 4 is 33.9 Å². The molecule has 0 aliphatic rings. The number of hydrazone groups is 1. The van der Waals surface area contributed by atoms with E-state index in [4.69, 9.17) is 0 Å². The van der Waals surface area contributed by atoms with Gasteiger partial charge in [0.1, 0.15) is 5.75 Å². The molecule has 1 aromatic heterocycles. The lowest BCUT2D eigenvalue weighted by Crippen LogP contribution is -2.19. The lowest BCUT2D eigenvalue weighted by atomic mass is 10.0. The van der Waals surface area contributed by atoms with Gasteiger partial charge in [0.15, 0.2) is 0 Å². The van der Waals surface area contributed by atoms with E-state index in [1.54, 1.807) is 12.4 Å². The van der Waals surface area contributed by atoms with Crippen LogP contribution < -0.4 is 5.43 Å². The van der Waals surface area contributed by atoms with Gasteiger partial charge in [0.05, 0.1) is 23.6 Å². The molecule has 0 fully saturated rings. The second-order valence-electron chi connectivity index (χ2n) is 6.19. The van der Waals surface area contributed by atoms with Gasteiger partial charge in [-0.25, -0.2) is 10.4 Å². The summed E-state index contributed by atoms with van der Waals surface area (Å²) in [6, 6.07) is 18.9. The minimum Gasteiger partial charge on any atom is -0.507 e. The van der Waals surface area contributed by atoms with E-state index in [-0.39, 0.29) is 18.1 Å². The average Bonchev–Trinajstić information content (AvgIpc) is 3.11. The van der Waals surface area contributed by atoms with E-state index in [0.29, 0.717) is 12.1 Å². The molecule has 1 amide bonds. The van der Waals surface area contributed by atoms with E-state index in [1.807, 2.05) is 59.2 Å². The molecule has 3 aromatic carbocycles. The molecule has 0 atom stereocenters. The first kappa shape index (κ1) is 16.8. The summed E-state index contributed by atoms with van der Waals surface area (Å²) >= 11 is 0. The number of carbonyl (C=O) groups excluding carboxylic acids is 1. The maximum atomic E-state index is 12.1. The zero-order valence-corrected chi connectivity index (χ0v) is 14.5. The molecule has 6 heteroatoms. The van der Waals surface area contributed by atoms with E-state index in [2.05, 4.69) is 15.5 Å². The standard InChI is InChI=1S/C21H18N4O2/c26-20-10-9-15-5-1-2-6-16(15)17(20)13-23-24-21(27)11-12-25-14-22-18-7-3-4-8-19(18)25/h1-10,13-14,26H,11-12H2,(H,24,27)/b23-13-. The zero-order valence-electron chi connectivity index (χ0n) is 14.5. The van der Waals surface area contributed by atoms with Crippen molar-refractivity contribution in [3.8, 4) is 5.75 Å². The highest BCUT2D eigenvalue weighted by Gasteiger charge is 2.06. The molecule has 4 rings (SSSR count). The van der Waals surface area contributed by atoms with Gasteiger partial charge in [0.25, 0.3) is 0 Å². The quantitative estimate of drug-likeness (QED) is 0.424. The van der Waals surface area contributed by atoms with E-state index in [0.717, 1.165) is 21.8 Å². The molecule has 2 N–H and O–H groups in total. The number of phenols is 1. The Morgan fingerprint density at radius 3 is 2.85 bits per heavy atom. The molecule has 134 valence electrons. The highest BCUT2D eigenvalue weighted by molar-refractivity contribution is 6.02. The molecule has 0 spiro atoms. The normalized spacial score (nSPS) is 11.4. The van der Waals surface area contributed by atoms with Gasteiger partial charge in [-0.15, -0.1) is 0 Å². The van der Waals surface area contributed by atoms with E-state index < -0.39 is 0 Å². The summed E-state index contributed by atoms with van der Waals surface area (Å²) in [5.74, 6) is -0.0830. The van der Waals surface area contributed by atoms with E-state index in [9.17, 15) is 9.90 Å². The van der Waals surface area contributed by atoms with Crippen molar-refractivity contribution in [1.29, 1.82) is 0 Å². The Labute approximate surface area is 155 Å². The van der Waals surface area contributed by atoms with Gasteiger partial charge in [-0.3, -0.25) is 4.79 Å². The molecule has 0 aliphatic heterocycles. The third-order valence-electron chi connectivity index (χ3n) is 4.44. The Hall–Kier alpha value is -3.67. The molecular formula is C21H18N4O2. The highest BCUT2D eigenvalue weighted by Crippen LogP contribution is 2.25. The number of imidazole rings is 1. The zero-order chi connectivity index (χ0) is 18.6. The fourth-order valence-corrected chi connectivity index (χ4v) is 3.05. The van der Waals surface area contributed by atoms with Crippen molar-refractivity contribution in [3.63, 3.8) is 0 Å². The minimum atomic E-state index is -0.205. The fourth-order valence-electron chi connectivity index (χ4n) is 3.05. The van der Waals surface area contributed by atoms with Crippen LogP contribution in [0.3, 0.4) is 0 Å². The number of aromatic hydroxyl groups is 1. The molecule has 0 radical (unpaired) electrons. The van der Waals surface area contributed by atoms with E-state index >= 15 is 0 Å². The minimum absolute atomic E-state index is 0.122. The number of nitrogens with zero attached hydrogens (tertiary/aromatic N) is 3. The SMILES string of the molecule is O=C(CCn1cnc2ccccc21)N/N=C\c1c(O)ccc2ccccc12. The van der Waals surface area contributed by atoms with Gasteiger partial charge in [-0.2, -0.15) is 5.10 Å². The summed E-state index contributed by atoms with van der Waals surface area (Å²) in [6.45, 7) is 0.515. The molecular weight excluding hydrogens is 340 g/mol. The smallest absolute Gasteiger partial charge is 0.241 e. The molecule has 0 aliphatic carbocycles. The van der Waals surface area contributed by atoms with Gasteiger partial charge in [-0.05, 0) is 29.0 Å². The first-order valence-electron chi connectivity index (χ1n) is 8.65. The van der Waals surface area contributed by atoms with Gasteiger partial charge in [0.2, 0.25) is 5.91 Å². The topological polar surface area (TPSA) is 79.5 Å². The van der Waals surface area contributed by atoms with Crippen LogP contribution in [0.1, 0.15) is 12.0 Å². The number of aromatic nitrogens is 2. The van der Waals surface area contributed by atoms with Crippen LogP contribution in [0.5, 0.6) is 5.75 Å². The number of hydrogen-bond acceptors (Lipinski definition) is 4. The van der Waals surface area contributed by atoms with Crippen LogP contribution in [0.2, 0.25) is 0 Å². The summed E-state index contributed by atoms with van der Waals surface area (Å²) in [5.41, 5.74) is 5.00. The summed E-state index contributed by atoms with van der Waals surface area (Å²) in [5, 5.41) is 16.0. The van der Waals surface area contributed by atoms with Crippen LogP contribution in [-0.2, 0) is 11.3 Å². The molecule has 0 saturated carbocycles. The maximum Gasteiger partial charge on any atom is 0.241 e. The third-order valence-corrected chi connectivity index (χ3v) is 4.44. The Kier molecular flexibility index (Phi) is 4.53. The number of rotatable bonds is 5. The highest BCUT2D eigenvalue weighted by atomic mass is 16.3. The number of fused-ring (bicyclic) bond motifs is 2. The molecule has 0 unspecified atom stereocenters. The number of amides is 1. The first-order chi connectivity index (χ1) is 13.2. The summed E-state index contributed by atoms with van der Waals surface area (Å²) in [4.78, 5) is 16.4. The molecule has 0 bridgehead atoms. The molecule has 1 heterocycles. The largest absolute Gasteiger partial charge is 0.507 e. The number of phenolic OH excluding ortho intramolecular Hbond substituents is 1. The lowest BCUT2D eigenvalue weighted by molar-refractivity contribution is -0.121. The van der Waals surface area contributed by atoms with Gasteiger partial charge in [-0.1, -0.05) is 42.5 Å². The molecule has 6 nitrogen and oxygen atoms in total. The molecule has 27 heavy (non-hydrogen) atoms. The van der Waals surface area contributed by atoms with Crippen molar-refractivity contribution in [2.45, 2.75) is 13.0 Å². The van der Waals surface area contributed by atoms with Gasteiger partial charge in [0, 0.05) is 18.5 Å². The van der Waals surface area contributed by atoms with Crippen LogP contribution in [0.15, 0.2) is 72.1 Å². The van der Waals surface area contributed by atoms with Crippen LogP contribution in [-0.4, -0.2) is 26.8 Å². The van der Waals surface area contributed by atoms with Crippen LogP contribution in [0, 0.1) is 0 Å².